The van der Waals surface area contributed by atoms with E-state index >= 15 is 0 Å². The van der Waals surface area contributed by atoms with E-state index in [0.29, 0.717) is 27.6 Å². The van der Waals surface area contributed by atoms with Crippen LogP contribution in [-0.2, 0) is 4.79 Å². The number of thioether (sulfide) groups is 1. The van der Waals surface area contributed by atoms with E-state index in [1.165, 1.54) is 30.3 Å². The number of rotatable bonds is 5. The number of hydrogen-bond donors (Lipinski definition) is 1. The van der Waals surface area contributed by atoms with Crippen molar-refractivity contribution in [3.63, 3.8) is 0 Å². The highest BCUT2D eigenvalue weighted by molar-refractivity contribution is 8.00. The molecule has 1 fully saturated rings. The van der Waals surface area contributed by atoms with Crippen LogP contribution in [0.5, 0.6) is 11.5 Å². The highest BCUT2D eigenvalue weighted by atomic mass is 32.2. The smallest absolute Gasteiger partial charge is 0.234 e. The van der Waals surface area contributed by atoms with Gasteiger partial charge in [-0.2, -0.15) is 5.26 Å². The molecule has 7 nitrogen and oxygen atoms in total. The van der Waals surface area contributed by atoms with E-state index in [-0.39, 0.29) is 18.5 Å². The van der Waals surface area contributed by atoms with Crippen LogP contribution in [0.1, 0.15) is 18.4 Å². The third-order valence-electron chi connectivity index (χ3n) is 5.36. The molecule has 156 valence electrons. The zero-order valence-electron chi connectivity index (χ0n) is 16.8. The second-order valence-corrected chi connectivity index (χ2v) is 8.39. The maximum absolute atomic E-state index is 12.5. The molecule has 0 bridgehead atoms. The van der Waals surface area contributed by atoms with Crippen LogP contribution < -0.4 is 19.7 Å². The molecule has 0 saturated carbocycles. The van der Waals surface area contributed by atoms with Gasteiger partial charge in [0.15, 0.2) is 11.5 Å². The molecule has 8 heteroatoms. The van der Waals surface area contributed by atoms with Crippen LogP contribution in [0.15, 0.2) is 47.5 Å². The Balaban J connectivity index is 1.26. The predicted molar refractivity (Wildman–Crippen MR) is 120 cm³/mol. The van der Waals surface area contributed by atoms with Gasteiger partial charge in [-0.1, -0.05) is 11.8 Å². The predicted octanol–water partition coefficient (Wildman–Crippen LogP) is 4.17. The number of nitriles is 1. The number of anilines is 2. The first kappa shape index (κ1) is 19.5. The van der Waals surface area contributed by atoms with E-state index < -0.39 is 0 Å². The van der Waals surface area contributed by atoms with Crippen LogP contribution in [-0.4, -0.2) is 36.5 Å². The minimum Gasteiger partial charge on any atom is -0.454 e. The van der Waals surface area contributed by atoms with Gasteiger partial charge in [0.05, 0.1) is 16.8 Å². The average Bonchev–Trinajstić information content (AvgIpc) is 3.48. The van der Waals surface area contributed by atoms with Crippen molar-refractivity contribution in [2.24, 2.45) is 0 Å². The van der Waals surface area contributed by atoms with Crippen molar-refractivity contribution in [1.82, 2.24) is 4.98 Å². The van der Waals surface area contributed by atoms with Gasteiger partial charge in [0.1, 0.15) is 11.1 Å². The largest absolute Gasteiger partial charge is 0.454 e. The summed E-state index contributed by atoms with van der Waals surface area (Å²) in [6, 6.07) is 15.5. The number of aromatic nitrogens is 1. The van der Waals surface area contributed by atoms with Gasteiger partial charge in [-0.05, 0) is 49.2 Å². The first-order valence-corrected chi connectivity index (χ1v) is 11.1. The zero-order valence-corrected chi connectivity index (χ0v) is 17.6. The van der Waals surface area contributed by atoms with Crippen molar-refractivity contribution in [3.8, 4) is 17.6 Å². The molecule has 5 rings (SSSR count). The van der Waals surface area contributed by atoms with Crippen molar-refractivity contribution in [1.29, 1.82) is 5.26 Å². The SMILES string of the molecule is N#Cc1cc2cc3c(cc2nc1SCC(=O)Nc1ccc(N2CCCC2)cc1)OCO3. The third kappa shape index (κ3) is 4.09. The van der Waals surface area contributed by atoms with E-state index in [1.54, 1.807) is 12.1 Å². The molecule has 1 N–H and O–H groups in total. The normalized spacial score (nSPS) is 14.6. The van der Waals surface area contributed by atoms with Crippen LogP contribution in [0.25, 0.3) is 10.9 Å². The number of benzene rings is 2. The number of carbonyl (C=O) groups excluding carboxylic acids is 1. The maximum atomic E-state index is 12.5. The van der Waals surface area contributed by atoms with Crippen molar-refractivity contribution in [2.45, 2.75) is 17.9 Å². The number of pyridine rings is 1. The molecule has 2 aliphatic rings. The fraction of sp³-hybridized carbons (Fsp3) is 0.261. The lowest BCUT2D eigenvalue weighted by molar-refractivity contribution is -0.113. The van der Waals surface area contributed by atoms with E-state index in [4.69, 9.17) is 9.47 Å². The van der Waals surface area contributed by atoms with Gasteiger partial charge in [-0.15, -0.1) is 0 Å². The quantitative estimate of drug-likeness (QED) is 0.606. The molecule has 0 unspecified atom stereocenters. The molecule has 1 aromatic heterocycles. The molecular weight excluding hydrogens is 412 g/mol. The Labute approximate surface area is 184 Å². The summed E-state index contributed by atoms with van der Waals surface area (Å²) >= 11 is 1.24. The lowest BCUT2D eigenvalue weighted by Gasteiger charge is -2.17. The number of nitrogens with zero attached hydrogens (tertiary/aromatic N) is 3. The molecule has 1 saturated heterocycles. The van der Waals surface area contributed by atoms with Gasteiger partial charge < -0.3 is 19.7 Å². The van der Waals surface area contributed by atoms with Crippen LogP contribution in [0.4, 0.5) is 11.4 Å². The molecule has 2 aliphatic heterocycles. The standard InChI is InChI=1S/C23H20N4O3S/c24-12-16-9-15-10-20-21(30-14-29-20)11-19(15)26-23(16)31-13-22(28)25-17-3-5-18(6-4-17)27-7-1-2-8-27/h3-6,9-11H,1-2,7-8,13-14H2,(H,25,28). The Morgan fingerprint density at radius 2 is 1.87 bits per heavy atom. The topological polar surface area (TPSA) is 87.5 Å². The molecule has 0 atom stereocenters. The number of carbonyl (C=O) groups is 1. The summed E-state index contributed by atoms with van der Waals surface area (Å²) in [7, 11) is 0. The maximum Gasteiger partial charge on any atom is 0.234 e. The molecule has 2 aromatic carbocycles. The van der Waals surface area contributed by atoms with E-state index in [1.807, 2.05) is 30.3 Å². The van der Waals surface area contributed by atoms with Crippen molar-refractivity contribution in [3.05, 3.63) is 48.0 Å². The fourth-order valence-electron chi connectivity index (χ4n) is 3.80. The second-order valence-electron chi connectivity index (χ2n) is 7.43. The van der Waals surface area contributed by atoms with Crippen molar-refractivity contribution < 1.29 is 14.3 Å². The molecule has 0 radical (unpaired) electrons. The van der Waals surface area contributed by atoms with Gasteiger partial charge in [-0.25, -0.2) is 4.98 Å². The monoisotopic (exact) mass is 432 g/mol. The van der Waals surface area contributed by atoms with Crippen LogP contribution in [0.2, 0.25) is 0 Å². The molecule has 3 heterocycles. The van der Waals surface area contributed by atoms with Crippen LogP contribution in [0.3, 0.4) is 0 Å². The van der Waals surface area contributed by atoms with Gasteiger partial charge in [-0.3, -0.25) is 4.79 Å². The summed E-state index contributed by atoms with van der Waals surface area (Å²) in [5.74, 6) is 1.30. The summed E-state index contributed by atoms with van der Waals surface area (Å²) < 4.78 is 10.8. The first-order valence-electron chi connectivity index (χ1n) is 10.1. The van der Waals surface area contributed by atoms with Crippen LogP contribution >= 0.6 is 11.8 Å². The molecule has 3 aromatic rings. The molecule has 1 amide bonds. The molecular formula is C23H20N4O3S. The number of fused-ring (bicyclic) bond motifs is 2. The first-order chi connectivity index (χ1) is 15.2. The Bertz CT molecular complexity index is 1180. The van der Waals surface area contributed by atoms with Gasteiger partial charge in [0.25, 0.3) is 0 Å². The average molecular weight is 433 g/mol. The summed E-state index contributed by atoms with van der Waals surface area (Å²) in [6.45, 7) is 2.35. The Morgan fingerprint density at radius 1 is 1.13 bits per heavy atom. The van der Waals surface area contributed by atoms with E-state index in [9.17, 15) is 10.1 Å². The summed E-state index contributed by atoms with van der Waals surface area (Å²) in [5, 5.41) is 13.8. The van der Waals surface area contributed by atoms with Gasteiger partial charge in [0, 0.05) is 35.9 Å². The van der Waals surface area contributed by atoms with Crippen molar-refractivity contribution in [2.75, 3.05) is 35.9 Å². The number of nitrogens with one attached hydrogen (secondary N) is 1. The molecule has 0 spiro atoms. The minimum absolute atomic E-state index is 0.143. The second kappa shape index (κ2) is 8.36. The number of amides is 1. The highest BCUT2D eigenvalue weighted by Crippen LogP contribution is 2.37. The highest BCUT2D eigenvalue weighted by Gasteiger charge is 2.17. The zero-order chi connectivity index (χ0) is 21.2. The Morgan fingerprint density at radius 3 is 2.61 bits per heavy atom. The van der Waals surface area contributed by atoms with Gasteiger partial charge in [0.2, 0.25) is 12.7 Å². The number of ether oxygens (including phenoxy) is 2. The minimum atomic E-state index is -0.143. The summed E-state index contributed by atoms with van der Waals surface area (Å²) in [5.41, 5.74) is 3.07. The Hall–Kier alpha value is -3.44. The summed E-state index contributed by atoms with van der Waals surface area (Å²) in [4.78, 5) is 19.4. The Kier molecular flexibility index (Phi) is 5.26. The third-order valence-corrected chi connectivity index (χ3v) is 6.35. The van der Waals surface area contributed by atoms with E-state index in [0.717, 1.165) is 24.2 Å². The fourth-order valence-corrected chi connectivity index (χ4v) is 4.56. The lowest BCUT2D eigenvalue weighted by atomic mass is 10.1. The molecule has 31 heavy (non-hydrogen) atoms. The van der Waals surface area contributed by atoms with Crippen molar-refractivity contribution >= 4 is 39.9 Å². The summed E-state index contributed by atoms with van der Waals surface area (Å²) in [6.07, 6.45) is 2.46. The lowest BCUT2D eigenvalue weighted by Crippen LogP contribution is -2.18. The van der Waals surface area contributed by atoms with Gasteiger partial charge >= 0.3 is 0 Å². The van der Waals surface area contributed by atoms with Crippen LogP contribution in [0, 0.1) is 11.3 Å². The van der Waals surface area contributed by atoms with E-state index in [2.05, 4.69) is 21.3 Å². The molecule has 0 aliphatic carbocycles. The number of hydrogen-bond acceptors (Lipinski definition) is 7.